The van der Waals surface area contributed by atoms with Gasteiger partial charge in [-0.3, -0.25) is 0 Å². The summed E-state index contributed by atoms with van der Waals surface area (Å²) in [5, 5.41) is 9.27. The van der Waals surface area contributed by atoms with Gasteiger partial charge in [-0.2, -0.15) is 5.26 Å². The van der Waals surface area contributed by atoms with E-state index in [0.29, 0.717) is 26.5 Å². The quantitative estimate of drug-likeness (QED) is 0.836. The third-order valence-electron chi connectivity index (χ3n) is 2.58. The smallest absolute Gasteiger partial charge is 0.156 e. The van der Waals surface area contributed by atoms with Crippen LogP contribution in [0, 0.1) is 17.1 Å². The maximum atomic E-state index is 13.6. The Morgan fingerprint density at radius 2 is 2.10 bits per heavy atom. The Morgan fingerprint density at radius 1 is 1.35 bits per heavy atom. The molecule has 2 rings (SSSR count). The summed E-state index contributed by atoms with van der Waals surface area (Å²) in [5.74, 6) is -0.0520. The molecule has 0 atom stereocenters. The van der Waals surface area contributed by atoms with Gasteiger partial charge in [0, 0.05) is 10.6 Å². The number of benzene rings is 2. The molecule has 0 heterocycles. The molecule has 0 aliphatic heterocycles. The highest BCUT2D eigenvalue weighted by molar-refractivity contribution is 9.10. The van der Waals surface area contributed by atoms with E-state index in [1.54, 1.807) is 12.1 Å². The Morgan fingerprint density at radius 3 is 2.75 bits per heavy atom. The van der Waals surface area contributed by atoms with Crippen LogP contribution in [-0.4, -0.2) is 0 Å². The van der Waals surface area contributed by atoms with Gasteiger partial charge in [-0.15, -0.1) is 0 Å². The number of ether oxygens (including phenoxy) is 1. The van der Waals surface area contributed by atoms with E-state index in [0.717, 1.165) is 0 Å². The minimum absolute atomic E-state index is 0.0359. The van der Waals surface area contributed by atoms with Crippen molar-refractivity contribution in [3.05, 3.63) is 56.8 Å². The second-order valence-electron chi connectivity index (χ2n) is 4.01. The Kier molecular flexibility index (Phi) is 4.48. The molecule has 2 aromatic rings. The molecule has 0 unspecified atom stereocenters. The van der Waals surface area contributed by atoms with E-state index in [9.17, 15) is 4.39 Å². The number of rotatable bonds is 3. The lowest BCUT2D eigenvalue weighted by Crippen LogP contribution is -2.02. The van der Waals surface area contributed by atoms with Gasteiger partial charge in [0.1, 0.15) is 12.4 Å². The SMILES string of the molecule is N#Cc1ccc(F)c(COc2c(N)cc(Cl)cc2Br)c1. The fourth-order valence-corrected chi connectivity index (χ4v) is 2.59. The fourth-order valence-electron chi connectivity index (χ4n) is 1.64. The van der Waals surface area contributed by atoms with Crippen molar-refractivity contribution in [1.82, 2.24) is 0 Å². The number of nitrogen functional groups attached to an aromatic ring is 1. The first-order valence-electron chi connectivity index (χ1n) is 5.57. The molecule has 0 saturated heterocycles. The summed E-state index contributed by atoms with van der Waals surface area (Å²) in [7, 11) is 0. The highest BCUT2D eigenvalue weighted by atomic mass is 79.9. The maximum absolute atomic E-state index is 13.6. The standard InChI is InChI=1S/C14H9BrClFN2O/c15-11-4-10(16)5-13(19)14(11)20-7-9-3-8(6-18)1-2-12(9)17/h1-5H,7,19H2. The van der Waals surface area contributed by atoms with Crippen LogP contribution in [0.4, 0.5) is 10.1 Å². The van der Waals surface area contributed by atoms with Crippen LogP contribution in [0.3, 0.4) is 0 Å². The van der Waals surface area contributed by atoms with Crippen molar-refractivity contribution in [2.75, 3.05) is 5.73 Å². The molecule has 0 bridgehead atoms. The normalized spacial score (nSPS) is 10.1. The lowest BCUT2D eigenvalue weighted by atomic mass is 10.1. The summed E-state index contributed by atoms with van der Waals surface area (Å²) in [5.41, 5.74) is 6.79. The van der Waals surface area contributed by atoms with Crippen molar-refractivity contribution in [2.24, 2.45) is 0 Å². The summed E-state index contributed by atoms with van der Waals surface area (Å²) in [4.78, 5) is 0. The largest absolute Gasteiger partial charge is 0.485 e. The number of hydrogen-bond acceptors (Lipinski definition) is 3. The van der Waals surface area contributed by atoms with Crippen LogP contribution in [0.25, 0.3) is 0 Å². The maximum Gasteiger partial charge on any atom is 0.156 e. The molecule has 6 heteroatoms. The summed E-state index contributed by atoms with van der Waals surface area (Å²) < 4.78 is 19.7. The van der Waals surface area contributed by atoms with Gasteiger partial charge in [-0.05, 0) is 46.3 Å². The summed E-state index contributed by atoms with van der Waals surface area (Å²) in [6.45, 7) is -0.0359. The first kappa shape index (κ1) is 14.6. The summed E-state index contributed by atoms with van der Waals surface area (Å²) >= 11 is 9.13. The van der Waals surface area contributed by atoms with Gasteiger partial charge in [0.15, 0.2) is 5.75 Å². The van der Waals surface area contributed by atoms with Gasteiger partial charge in [-0.1, -0.05) is 11.6 Å². The molecule has 2 aromatic carbocycles. The van der Waals surface area contributed by atoms with Crippen molar-refractivity contribution in [3.63, 3.8) is 0 Å². The average molecular weight is 356 g/mol. The van der Waals surface area contributed by atoms with Gasteiger partial charge in [0.2, 0.25) is 0 Å². The van der Waals surface area contributed by atoms with E-state index in [4.69, 9.17) is 27.3 Å². The predicted octanol–water partition coefficient (Wildman–Crippen LogP) is 4.27. The summed E-state index contributed by atoms with van der Waals surface area (Å²) in [6, 6.07) is 9.21. The minimum atomic E-state index is -0.437. The van der Waals surface area contributed by atoms with Crippen LogP contribution >= 0.6 is 27.5 Å². The molecule has 0 fully saturated rings. The molecule has 0 spiro atoms. The van der Waals surface area contributed by atoms with Crippen molar-refractivity contribution >= 4 is 33.2 Å². The van der Waals surface area contributed by atoms with Crippen LogP contribution in [0.2, 0.25) is 5.02 Å². The van der Waals surface area contributed by atoms with Crippen LogP contribution in [-0.2, 0) is 6.61 Å². The second-order valence-corrected chi connectivity index (χ2v) is 5.30. The topological polar surface area (TPSA) is 59.0 Å². The first-order valence-corrected chi connectivity index (χ1v) is 6.74. The molecule has 0 aliphatic rings. The molecule has 0 radical (unpaired) electrons. The zero-order valence-electron chi connectivity index (χ0n) is 10.2. The number of hydrogen-bond donors (Lipinski definition) is 1. The fraction of sp³-hybridized carbons (Fsp3) is 0.0714. The van der Waals surface area contributed by atoms with E-state index in [-0.39, 0.29) is 12.2 Å². The molecule has 2 N–H and O–H groups in total. The number of nitrogens with zero attached hydrogens (tertiary/aromatic N) is 1. The van der Waals surface area contributed by atoms with E-state index in [1.165, 1.54) is 18.2 Å². The lowest BCUT2D eigenvalue weighted by molar-refractivity contribution is 0.299. The second kappa shape index (κ2) is 6.12. The van der Waals surface area contributed by atoms with Gasteiger partial charge in [0.05, 0.1) is 21.8 Å². The van der Waals surface area contributed by atoms with Crippen molar-refractivity contribution in [2.45, 2.75) is 6.61 Å². The first-order chi connectivity index (χ1) is 9.51. The van der Waals surface area contributed by atoms with E-state index < -0.39 is 5.82 Å². The molecule has 20 heavy (non-hydrogen) atoms. The summed E-state index contributed by atoms with van der Waals surface area (Å²) in [6.07, 6.45) is 0. The van der Waals surface area contributed by atoms with Crippen LogP contribution in [0.15, 0.2) is 34.8 Å². The highest BCUT2D eigenvalue weighted by Crippen LogP contribution is 2.35. The Labute approximate surface area is 128 Å². The molecule has 0 aromatic heterocycles. The molecule has 3 nitrogen and oxygen atoms in total. The third kappa shape index (κ3) is 3.21. The number of nitrogens with two attached hydrogens (primary N) is 1. The number of halogens is 3. The Hall–Kier alpha value is -1.77. The van der Waals surface area contributed by atoms with Gasteiger partial charge in [-0.25, -0.2) is 4.39 Å². The van der Waals surface area contributed by atoms with Crippen molar-refractivity contribution in [3.8, 4) is 11.8 Å². The number of anilines is 1. The van der Waals surface area contributed by atoms with E-state index in [2.05, 4.69) is 15.9 Å². The van der Waals surface area contributed by atoms with Gasteiger partial charge in [0.25, 0.3) is 0 Å². The van der Waals surface area contributed by atoms with Crippen LogP contribution in [0.1, 0.15) is 11.1 Å². The molecule has 0 aliphatic carbocycles. The number of nitriles is 1. The van der Waals surface area contributed by atoms with E-state index >= 15 is 0 Å². The zero-order valence-corrected chi connectivity index (χ0v) is 12.5. The lowest BCUT2D eigenvalue weighted by Gasteiger charge is -2.12. The van der Waals surface area contributed by atoms with E-state index in [1.807, 2.05) is 6.07 Å². The highest BCUT2D eigenvalue weighted by Gasteiger charge is 2.10. The van der Waals surface area contributed by atoms with Crippen molar-refractivity contribution in [1.29, 1.82) is 5.26 Å². The molecule has 0 amide bonds. The predicted molar refractivity (Wildman–Crippen MR) is 79.0 cm³/mol. The monoisotopic (exact) mass is 354 g/mol. The van der Waals surface area contributed by atoms with Crippen LogP contribution < -0.4 is 10.5 Å². The third-order valence-corrected chi connectivity index (χ3v) is 3.39. The minimum Gasteiger partial charge on any atom is -0.485 e. The molecular formula is C14H9BrClFN2O. The molecular weight excluding hydrogens is 347 g/mol. The van der Waals surface area contributed by atoms with Gasteiger partial charge < -0.3 is 10.5 Å². The average Bonchev–Trinajstić information content (AvgIpc) is 2.39. The Bertz CT molecular complexity index is 677. The Balaban J connectivity index is 2.24. The molecule has 0 saturated carbocycles. The van der Waals surface area contributed by atoms with Gasteiger partial charge >= 0.3 is 0 Å². The molecule has 102 valence electrons. The van der Waals surface area contributed by atoms with Crippen molar-refractivity contribution < 1.29 is 9.13 Å². The zero-order chi connectivity index (χ0) is 14.7. The van der Waals surface area contributed by atoms with Crippen LogP contribution in [0.5, 0.6) is 5.75 Å².